The Balaban J connectivity index is 1.41. The molecule has 3 heterocycles. The quantitative estimate of drug-likeness (QED) is 0.659. The normalized spacial score (nSPS) is 17.9. The lowest BCUT2D eigenvalue weighted by atomic mass is 9.90. The van der Waals surface area contributed by atoms with Crippen molar-refractivity contribution in [1.29, 1.82) is 0 Å². The Morgan fingerprint density at radius 1 is 1.15 bits per heavy atom. The number of nitrogens with zero attached hydrogens (tertiary/aromatic N) is 4. The molecule has 6 nitrogen and oxygen atoms in total. The Bertz CT molecular complexity index is 864. The number of piperidine rings is 1. The van der Waals surface area contributed by atoms with Gasteiger partial charge >= 0.3 is 0 Å². The fraction of sp³-hybridized carbons (Fsp3) is 0.300. The van der Waals surface area contributed by atoms with Gasteiger partial charge in [-0.1, -0.05) is 41.6 Å². The lowest BCUT2D eigenvalue weighted by molar-refractivity contribution is 0.0797. The third-order valence-electron chi connectivity index (χ3n) is 4.66. The van der Waals surface area contributed by atoms with Crippen LogP contribution < -0.4 is 0 Å². The summed E-state index contributed by atoms with van der Waals surface area (Å²) in [6, 6.07) is 15.1. The zero-order chi connectivity index (χ0) is 17.8. The van der Waals surface area contributed by atoms with Crippen LogP contribution in [0.4, 0.5) is 0 Å². The number of benzene rings is 1. The second kappa shape index (κ2) is 7.58. The molecule has 0 aliphatic carbocycles. The molecule has 1 aromatic carbocycles. The standard InChI is InChI=1S/C20H20N4O2/c25-19(15-7-2-1-3-8-15)16-9-6-12-24(13-16)14-18-22-20(23-26-18)17-10-4-5-11-21-17/h1-5,7-8,10-11,16H,6,9,12-14H2/t16-/m1/s1. The number of hydrogen-bond donors (Lipinski definition) is 0. The number of hydrogen-bond acceptors (Lipinski definition) is 6. The summed E-state index contributed by atoms with van der Waals surface area (Å²) >= 11 is 0. The van der Waals surface area contributed by atoms with Gasteiger partial charge in [0.05, 0.1) is 6.54 Å². The molecule has 132 valence electrons. The van der Waals surface area contributed by atoms with E-state index in [1.54, 1.807) is 6.20 Å². The number of Topliss-reactive ketones (excluding diaryl/α,β-unsaturated/α-hetero) is 1. The van der Waals surface area contributed by atoms with Crippen molar-refractivity contribution in [2.75, 3.05) is 13.1 Å². The molecule has 1 fully saturated rings. The summed E-state index contributed by atoms with van der Waals surface area (Å²) in [7, 11) is 0. The summed E-state index contributed by atoms with van der Waals surface area (Å²) in [5.74, 6) is 1.28. The van der Waals surface area contributed by atoms with E-state index in [9.17, 15) is 4.79 Å². The van der Waals surface area contributed by atoms with Crippen molar-refractivity contribution >= 4 is 5.78 Å². The maximum absolute atomic E-state index is 12.7. The van der Waals surface area contributed by atoms with E-state index in [-0.39, 0.29) is 11.7 Å². The van der Waals surface area contributed by atoms with Gasteiger partial charge in [-0.15, -0.1) is 0 Å². The SMILES string of the molecule is O=C(c1ccccc1)[C@@H]1CCCN(Cc2nc(-c3ccccn3)no2)C1. The molecule has 0 saturated carbocycles. The smallest absolute Gasteiger partial charge is 0.241 e. The Hall–Kier alpha value is -2.86. The highest BCUT2D eigenvalue weighted by atomic mass is 16.5. The van der Waals surface area contributed by atoms with Crippen molar-refractivity contribution in [1.82, 2.24) is 20.0 Å². The highest BCUT2D eigenvalue weighted by Gasteiger charge is 2.27. The van der Waals surface area contributed by atoms with E-state index in [4.69, 9.17) is 4.52 Å². The van der Waals surface area contributed by atoms with Crippen molar-refractivity contribution in [2.45, 2.75) is 19.4 Å². The zero-order valence-corrected chi connectivity index (χ0v) is 14.4. The molecule has 0 radical (unpaired) electrons. The largest absolute Gasteiger partial charge is 0.337 e. The summed E-state index contributed by atoms with van der Waals surface area (Å²) in [6.45, 7) is 2.20. The predicted octanol–water partition coefficient (Wildman–Crippen LogP) is 3.23. The highest BCUT2D eigenvalue weighted by molar-refractivity contribution is 5.98. The van der Waals surface area contributed by atoms with E-state index >= 15 is 0 Å². The van der Waals surface area contributed by atoms with Crippen LogP contribution in [0.1, 0.15) is 29.1 Å². The summed E-state index contributed by atoms with van der Waals surface area (Å²) in [5.41, 5.74) is 1.48. The first-order valence-corrected chi connectivity index (χ1v) is 8.85. The first-order valence-electron chi connectivity index (χ1n) is 8.85. The Kier molecular flexibility index (Phi) is 4.84. The van der Waals surface area contributed by atoms with Gasteiger partial charge < -0.3 is 4.52 Å². The molecule has 1 saturated heterocycles. The molecule has 1 atom stereocenters. The average molecular weight is 348 g/mol. The number of rotatable bonds is 5. The van der Waals surface area contributed by atoms with Gasteiger partial charge in [-0.05, 0) is 31.5 Å². The monoisotopic (exact) mass is 348 g/mol. The lowest BCUT2D eigenvalue weighted by Gasteiger charge is -2.30. The molecule has 6 heteroatoms. The van der Waals surface area contributed by atoms with Gasteiger partial charge in [-0.25, -0.2) is 0 Å². The van der Waals surface area contributed by atoms with Gasteiger partial charge in [0.25, 0.3) is 0 Å². The van der Waals surface area contributed by atoms with Crippen molar-refractivity contribution in [3.8, 4) is 11.5 Å². The lowest BCUT2D eigenvalue weighted by Crippen LogP contribution is -2.38. The zero-order valence-electron chi connectivity index (χ0n) is 14.4. The predicted molar refractivity (Wildman–Crippen MR) is 96.3 cm³/mol. The van der Waals surface area contributed by atoms with Gasteiger partial charge in [0.15, 0.2) is 5.78 Å². The Morgan fingerprint density at radius 3 is 2.81 bits per heavy atom. The first kappa shape index (κ1) is 16.6. The summed E-state index contributed by atoms with van der Waals surface area (Å²) in [4.78, 5) is 23.6. The molecule has 1 aliphatic rings. The molecule has 2 aromatic heterocycles. The number of pyridine rings is 1. The maximum Gasteiger partial charge on any atom is 0.241 e. The third kappa shape index (κ3) is 3.70. The van der Waals surface area contributed by atoms with Crippen LogP contribution in [0.3, 0.4) is 0 Å². The molecular formula is C20H20N4O2. The Morgan fingerprint density at radius 2 is 2.00 bits per heavy atom. The minimum Gasteiger partial charge on any atom is -0.337 e. The minimum atomic E-state index is 0.0179. The number of likely N-dealkylation sites (tertiary alicyclic amines) is 1. The van der Waals surface area contributed by atoms with Crippen molar-refractivity contribution in [3.63, 3.8) is 0 Å². The van der Waals surface area contributed by atoms with Gasteiger partial charge in [0, 0.05) is 24.2 Å². The van der Waals surface area contributed by atoms with E-state index in [0.29, 0.717) is 24.0 Å². The van der Waals surface area contributed by atoms with Crippen LogP contribution in [0.15, 0.2) is 59.3 Å². The van der Waals surface area contributed by atoms with Crippen molar-refractivity contribution < 1.29 is 9.32 Å². The number of carbonyl (C=O) groups excluding carboxylic acids is 1. The van der Waals surface area contributed by atoms with E-state index in [0.717, 1.165) is 31.5 Å². The minimum absolute atomic E-state index is 0.0179. The van der Waals surface area contributed by atoms with Gasteiger partial charge in [-0.2, -0.15) is 4.98 Å². The highest BCUT2D eigenvalue weighted by Crippen LogP contribution is 2.22. The average Bonchev–Trinajstić information content (AvgIpc) is 3.17. The molecule has 0 spiro atoms. The van der Waals surface area contributed by atoms with Crippen molar-refractivity contribution in [2.24, 2.45) is 5.92 Å². The van der Waals surface area contributed by atoms with E-state index in [1.165, 1.54) is 0 Å². The summed E-state index contributed by atoms with van der Waals surface area (Å²) in [5, 5.41) is 4.01. The molecule has 0 amide bonds. The van der Waals surface area contributed by atoms with Crippen LogP contribution >= 0.6 is 0 Å². The topological polar surface area (TPSA) is 72.1 Å². The molecule has 4 rings (SSSR count). The van der Waals surface area contributed by atoms with Gasteiger partial charge in [-0.3, -0.25) is 14.7 Å². The van der Waals surface area contributed by atoms with E-state index in [1.807, 2.05) is 48.5 Å². The van der Waals surface area contributed by atoms with E-state index in [2.05, 4.69) is 20.0 Å². The van der Waals surface area contributed by atoms with Gasteiger partial charge in [0.2, 0.25) is 11.7 Å². The summed E-state index contributed by atoms with van der Waals surface area (Å²) in [6.07, 6.45) is 3.62. The van der Waals surface area contributed by atoms with E-state index < -0.39 is 0 Å². The maximum atomic E-state index is 12.7. The van der Waals surface area contributed by atoms with Crippen LogP contribution in [0.2, 0.25) is 0 Å². The van der Waals surface area contributed by atoms with Crippen molar-refractivity contribution in [3.05, 3.63) is 66.2 Å². The molecule has 0 bridgehead atoms. The second-order valence-electron chi connectivity index (χ2n) is 6.53. The first-order chi connectivity index (χ1) is 12.8. The van der Waals surface area contributed by atoms with Crippen LogP contribution in [0, 0.1) is 5.92 Å². The molecular weight excluding hydrogens is 328 g/mol. The fourth-order valence-electron chi connectivity index (χ4n) is 3.36. The molecule has 1 aliphatic heterocycles. The summed E-state index contributed by atoms with van der Waals surface area (Å²) < 4.78 is 5.37. The number of carbonyl (C=O) groups is 1. The second-order valence-corrected chi connectivity index (χ2v) is 6.53. The number of aromatic nitrogens is 3. The Labute approximate surface area is 151 Å². The van der Waals surface area contributed by atoms with Crippen LogP contribution in [0.25, 0.3) is 11.5 Å². The fourth-order valence-corrected chi connectivity index (χ4v) is 3.36. The molecule has 0 N–H and O–H groups in total. The third-order valence-corrected chi connectivity index (χ3v) is 4.66. The number of ketones is 1. The van der Waals surface area contributed by atoms with Crippen LogP contribution in [-0.4, -0.2) is 38.9 Å². The van der Waals surface area contributed by atoms with Crippen LogP contribution in [-0.2, 0) is 6.54 Å². The molecule has 0 unspecified atom stereocenters. The van der Waals surface area contributed by atoms with Gasteiger partial charge in [0.1, 0.15) is 5.69 Å². The molecule has 26 heavy (non-hydrogen) atoms. The molecule has 3 aromatic rings. The van der Waals surface area contributed by atoms with Crippen LogP contribution in [0.5, 0.6) is 0 Å².